The van der Waals surface area contributed by atoms with Crippen LogP contribution in [0.4, 0.5) is 4.39 Å². The van der Waals surface area contributed by atoms with Crippen LogP contribution in [0.15, 0.2) is 46.9 Å². The third kappa shape index (κ3) is 4.96. The minimum absolute atomic E-state index is 0.0352. The van der Waals surface area contributed by atoms with Crippen LogP contribution in [0.1, 0.15) is 28.2 Å². The van der Waals surface area contributed by atoms with Gasteiger partial charge in [0.05, 0.1) is 10.6 Å². The van der Waals surface area contributed by atoms with Gasteiger partial charge in [-0.2, -0.15) is 0 Å². The molecule has 1 aromatic heterocycles. The van der Waals surface area contributed by atoms with E-state index in [-0.39, 0.29) is 28.8 Å². The molecule has 32 heavy (non-hydrogen) atoms. The van der Waals surface area contributed by atoms with Crippen LogP contribution in [0.3, 0.4) is 0 Å². The highest BCUT2D eigenvalue weighted by Gasteiger charge is 2.26. The SMILES string of the molecule is Cc1ccc(-c2nnc(CCC(=O)N3CCN(C(=O)c4ccc(F)cc4Cl)CC3)o2)cc1. The van der Waals surface area contributed by atoms with Crippen LogP contribution in [0, 0.1) is 12.7 Å². The molecule has 2 aromatic carbocycles. The van der Waals surface area contributed by atoms with Crippen molar-refractivity contribution < 1.29 is 18.4 Å². The molecule has 3 aromatic rings. The molecule has 0 radical (unpaired) electrons. The second-order valence-corrected chi connectivity index (χ2v) is 8.07. The van der Waals surface area contributed by atoms with Gasteiger partial charge in [0.2, 0.25) is 17.7 Å². The molecule has 0 saturated carbocycles. The number of carbonyl (C=O) groups is 2. The summed E-state index contributed by atoms with van der Waals surface area (Å²) in [6, 6.07) is 11.5. The first-order valence-corrected chi connectivity index (χ1v) is 10.7. The molecule has 166 valence electrons. The Balaban J connectivity index is 1.28. The predicted molar refractivity (Wildman–Crippen MR) is 117 cm³/mol. The number of nitrogens with zero attached hydrogens (tertiary/aromatic N) is 4. The average molecular weight is 457 g/mol. The zero-order valence-corrected chi connectivity index (χ0v) is 18.3. The summed E-state index contributed by atoms with van der Waals surface area (Å²) in [4.78, 5) is 28.6. The van der Waals surface area contributed by atoms with Crippen molar-refractivity contribution in [1.29, 1.82) is 0 Å². The molecule has 2 amide bonds. The molecule has 9 heteroatoms. The van der Waals surface area contributed by atoms with Gasteiger partial charge in [0, 0.05) is 44.6 Å². The first-order chi connectivity index (χ1) is 15.4. The Morgan fingerprint density at radius 3 is 2.41 bits per heavy atom. The van der Waals surface area contributed by atoms with E-state index >= 15 is 0 Å². The lowest BCUT2D eigenvalue weighted by atomic mass is 10.1. The van der Waals surface area contributed by atoms with Crippen molar-refractivity contribution in [1.82, 2.24) is 20.0 Å². The minimum atomic E-state index is -0.491. The maximum atomic E-state index is 13.2. The number of aromatic nitrogens is 2. The molecule has 0 unspecified atom stereocenters. The fourth-order valence-electron chi connectivity index (χ4n) is 3.53. The predicted octanol–water partition coefficient (Wildman–Crippen LogP) is 3.75. The van der Waals surface area contributed by atoms with E-state index in [1.807, 2.05) is 31.2 Å². The number of aryl methyl sites for hydroxylation is 2. The summed E-state index contributed by atoms with van der Waals surface area (Å²) in [6.45, 7) is 3.61. The number of benzene rings is 2. The van der Waals surface area contributed by atoms with Gasteiger partial charge in [0.1, 0.15) is 5.82 Å². The molecule has 0 aliphatic carbocycles. The molecule has 4 rings (SSSR count). The Morgan fingerprint density at radius 1 is 1.03 bits per heavy atom. The maximum absolute atomic E-state index is 13.2. The number of hydrogen-bond donors (Lipinski definition) is 0. The fourth-order valence-corrected chi connectivity index (χ4v) is 3.78. The number of halogens is 2. The summed E-state index contributed by atoms with van der Waals surface area (Å²) in [6.07, 6.45) is 0.593. The molecule has 7 nitrogen and oxygen atoms in total. The van der Waals surface area contributed by atoms with Gasteiger partial charge < -0.3 is 14.2 Å². The smallest absolute Gasteiger partial charge is 0.255 e. The fraction of sp³-hybridized carbons (Fsp3) is 0.304. The van der Waals surface area contributed by atoms with Crippen LogP contribution in [0.25, 0.3) is 11.5 Å². The largest absolute Gasteiger partial charge is 0.421 e. The number of piperazine rings is 1. The summed E-state index contributed by atoms with van der Waals surface area (Å²) in [7, 11) is 0. The van der Waals surface area contributed by atoms with E-state index in [0.717, 1.165) is 17.2 Å². The quantitative estimate of drug-likeness (QED) is 0.584. The van der Waals surface area contributed by atoms with Gasteiger partial charge in [-0.25, -0.2) is 4.39 Å². The normalized spacial score (nSPS) is 14.0. The lowest BCUT2D eigenvalue weighted by Gasteiger charge is -2.35. The van der Waals surface area contributed by atoms with Crippen molar-refractivity contribution in [2.24, 2.45) is 0 Å². The third-order valence-electron chi connectivity index (χ3n) is 5.40. The molecule has 1 fully saturated rings. The Morgan fingerprint density at radius 2 is 1.72 bits per heavy atom. The summed E-state index contributed by atoms with van der Waals surface area (Å²) < 4.78 is 18.9. The first-order valence-electron chi connectivity index (χ1n) is 10.3. The number of carbonyl (C=O) groups excluding carboxylic acids is 2. The number of amides is 2. The van der Waals surface area contributed by atoms with Crippen molar-refractivity contribution in [2.75, 3.05) is 26.2 Å². The van der Waals surface area contributed by atoms with Gasteiger partial charge in [-0.15, -0.1) is 10.2 Å². The monoisotopic (exact) mass is 456 g/mol. The number of hydrogen-bond acceptors (Lipinski definition) is 5. The van der Waals surface area contributed by atoms with Gasteiger partial charge in [-0.05, 0) is 37.3 Å². The summed E-state index contributed by atoms with van der Waals surface area (Å²) in [5, 5.41) is 8.17. The lowest BCUT2D eigenvalue weighted by molar-refractivity contribution is -0.132. The molecule has 1 aliphatic rings. The zero-order valence-electron chi connectivity index (χ0n) is 17.6. The molecule has 1 aliphatic heterocycles. The van der Waals surface area contributed by atoms with Crippen LogP contribution < -0.4 is 0 Å². The van der Waals surface area contributed by atoms with Crippen molar-refractivity contribution in [3.05, 3.63) is 70.3 Å². The molecule has 0 N–H and O–H groups in total. The lowest BCUT2D eigenvalue weighted by Crippen LogP contribution is -2.50. The van der Waals surface area contributed by atoms with E-state index in [0.29, 0.717) is 44.4 Å². The third-order valence-corrected chi connectivity index (χ3v) is 5.71. The van der Waals surface area contributed by atoms with E-state index in [4.69, 9.17) is 16.0 Å². The highest BCUT2D eigenvalue weighted by molar-refractivity contribution is 6.33. The van der Waals surface area contributed by atoms with Crippen molar-refractivity contribution >= 4 is 23.4 Å². The minimum Gasteiger partial charge on any atom is -0.421 e. The summed E-state index contributed by atoms with van der Waals surface area (Å²) >= 11 is 6.00. The van der Waals surface area contributed by atoms with Crippen LogP contribution in [-0.4, -0.2) is 58.0 Å². The van der Waals surface area contributed by atoms with Crippen molar-refractivity contribution in [3.63, 3.8) is 0 Å². The molecule has 1 saturated heterocycles. The van der Waals surface area contributed by atoms with Gasteiger partial charge in [-0.3, -0.25) is 9.59 Å². The Kier molecular flexibility index (Phi) is 6.50. The Labute approximate surface area is 189 Å². The maximum Gasteiger partial charge on any atom is 0.255 e. The average Bonchev–Trinajstić information content (AvgIpc) is 3.27. The first kappa shape index (κ1) is 22.0. The van der Waals surface area contributed by atoms with Gasteiger partial charge in [0.25, 0.3) is 5.91 Å². The van der Waals surface area contributed by atoms with Crippen LogP contribution in [-0.2, 0) is 11.2 Å². The van der Waals surface area contributed by atoms with Crippen LogP contribution in [0.5, 0.6) is 0 Å². The molecule has 0 bridgehead atoms. The van der Waals surface area contributed by atoms with Crippen LogP contribution >= 0.6 is 11.6 Å². The highest BCUT2D eigenvalue weighted by Crippen LogP contribution is 2.21. The molecule has 0 spiro atoms. The number of rotatable bonds is 5. The van der Waals surface area contributed by atoms with E-state index in [2.05, 4.69) is 10.2 Å². The summed E-state index contributed by atoms with van der Waals surface area (Å²) in [5.74, 6) is 0.0468. The Hall–Kier alpha value is -3.26. The zero-order chi connectivity index (χ0) is 22.7. The van der Waals surface area contributed by atoms with E-state index < -0.39 is 5.82 Å². The topological polar surface area (TPSA) is 79.5 Å². The van der Waals surface area contributed by atoms with Gasteiger partial charge in [0.15, 0.2) is 0 Å². The van der Waals surface area contributed by atoms with Crippen LogP contribution in [0.2, 0.25) is 5.02 Å². The summed E-state index contributed by atoms with van der Waals surface area (Å²) in [5.41, 5.74) is 2.23. The van der Waals surface area contributed by atoms with Crippen molar-refractivity contribution in [3.8, 4) is 11.5 Å². The van der Waals surface area contributed by atoms with E-state index in [9.17, 15) is 14.0 Å². The van der Waals surface area contributed by atoms with E-state index in [1.165, 1.54) is 12.1 Å². The molecular formula is C23H22ClFN4O3. The van der Waals surface area contributed by atoms with Gasteiger partial charge >= 0.3 is 0 Å². The highest BCUT2D eigenvalue weighted by atomic mass is 35.5. The molecule has 0 atom stereocenters. The standard InChI is InChI=1S/C23H22ClFN4O3/c1-15-2-4-16(5-3-15)22-27-26-20(32-22)8-9-21(30)28-10-12-29(13-11-28)23(31)18-7-6-17(25)14-19(18)24/h2-7,14H,8-13H2,1H3. The second kappa shape index (κ2) is 9.48. The Bertz CT molecular complexity index is 1120. The molecule has 2 heterocycles. The van der Waals surface area contributed by atoms with Crippen molar-refractivity contribution in [2.45, 2.75) is 19.8 Å². The van der Waals surface area contributed by atoms with E-state index in [1.54, 1.807) is 9.80 Å². The van der Waals surface area contributed by atoms with Gasteiger partial charge in [-0.1, -0.05) is 29.3 Å². The molecular weight excluding hydrogens is 435 g/mol. The second-order valence-electron chi connectivity index (χ2n) is 7.66.